The van der Waals surface area contributed by atoms with Gasteiger partial charge in [0.05, 0.1) is 11.5 Å². The third kappa shape index (κ3) is 1.42. The number of benzene rings is 1. The van der Waals surface area contributed by atoms with Crippen LogP contribution in [0.3, 0.4) is 0 Å². The first kappa shape index (κ1) is 9.61. The molecular formula is C12H13NS. The Morgan fingerprint density at radius 2 is 1.93 bits per heavy atom. The Kier molecular flexibility index (Phi) is 2.52. The molecule has 0 N–H and O–H groups in total. The SMILES string of the molecule is CSc1ccc(C2(C#N)CCC2)cc1. The topological polar surface area (TPSA) is 23.8 Å². The Labute approximate surface area is 89.1 Å². The van der Waals surface area contributed by atoms with Gasteiger partial charge in [-0.2, -0.15) is 5.26 Å². The highest BCUT2D eigenvalue weighted by Gasteiger charge is 2.38. The first-order valence-corrected chi connectivity index (χ1v) is 6.09. The van der Waals surface area contributed by atoms with Gasteiger partial charge >= 0.3 is 0 Å². The van der Waals surface area contributed by atoms with Crippen LogP contribution in [0.4, 0.5) is 0 Å². The van der Waals surface area contributed by atoms with Gasteiger partial charge in [0.15, 0.2) is 0 Å². The van der Waals surface area contributed by atoms with Crippen molar-refractivity contribution in [1.29, 1.82) is 5.26 Å². The summed E-state index contributed by atoms with van der Waals surface area (Å²) in [5.74, 6) is 0. The molecule has 0 aromatic heterocycles. The van der Waals surface area contributed by atoms with Gasteiger partial charge in [0.1, 0.15) is 0 Å². The van der Waals surface area contributed by atoms with E-state index < -0.39 is 0 Å². The van der Waals surface area contributed by atoms with Gasteiger partial charge < -0.3 is 0 Å². The van der Waals surface area contributed by atoms with Crippen molar-refractivity contribution in [2.24, 2.45) is 0 Å². The molecule has 0 unspecified atom stereocenters. The average molecular weight is 203 g/mol. The second-order valence-corrected chi connectivity index (χ2v) is 4.66. The monoisotopic (exact) mass is 203 g/mol. The number of hydrogen-bond acceptors (Lipinski definition) is 2. The van der Waals surface area contributed by atoms with Gasteiger partial charge in [0.25, 0.3) is 0 Å². The normalized spacial score (nSPS) is 18.3. The molecule has 0 spiro atoms. The van der Waals surface area contributed by atoms with Crippen LogP contribution < -0.4 is 0 Å². The molecule has 0 bridgehead atoms. The van der Waals surface area contributed by atoms with Crippen LogP contribution in [0.5, 0.6) is 0 Å². The zero-order valence-corrected chi connectivity index (χ0v) is 9.10. The van der Waals surface area contributed by atoms with E-state index >= 15 is 0 Å². The first-order valence-electron chi connectivity index (χ1n) is 4.86. The van der Waals surface area contributed by atoms with Crippen molar-refractivity contribution < 1.29 is 0 Å². The second-order valence-electron chi connectivity index (χ2n) is 3.78. The van der Waals surface area contributed by atoms with Crippen molar-refractivity contribution in [1.82, 2.24) is 0 Å². The molecule has 1 saturated carbocycles. The molecule has 1 aliphatic carbocycles. The van der Waals surface area contributed by atoms with Crippen molar-refractivity contribution in [2.75, 3.05) is 6.26 Å². The fourth-order valence-corrected chi connectivity index (χ4v) is 2.31. The maximum Gasteiger partial charge on any atom is 0.0822 e. The van der Waals surface area contributed by atoms with Gasteiger partial charge in [-0.15, -0.1) is 11.8 Å². The molecule has 1 aliphatic rings. The third-order valence-corrected chi connectivity index (χ3v) is 3.81. The van der Waals surface area contributed by atoms with E-state index in [4.69, 9.17) is 5.26 Å². The number of nitriles is 1. The van der Waals surface area contributed by atoms with E-state index in [2.05, 4.69) is 36.6 Å². The third-order valence-electron chi connectivity index (χ3n) is 3.06. The Morgan fingerprint density at radius 3 is 2.29 bits per heavy atom. The van der Waals surface area contributed by atoms with E-state index in [0.29, 0.717) is 0 Å². The molecule has 2 rings (SSSR count). The van der Waals surface area contributed by atoms with E-state index in [-0.39, 0.29) is 5.41 Å². The summed E-state index contributed by atoms with van der Waals surface area (Å²) in [6.07, 6.45) is 5.32. The molecule has 0 aliphatic heterocycles. The Morgan fingerprint density at radius 1 is 1.29 bits per heavy atom. The molecule has 1 fully saturated rings. The van der Waals surface area contributed by atoms with Crippen molar-refractivity contribution in [3.63, 3.8) is 0 Å². The largest absolute Gasteiger partial charge is 0.197 e. The van der Waals surface area contributed by atoms with Gasteiger partial charge in [-0.05, 0) is 43.2 Å². The van der Waals surface area contributed by atoms with Gasteiger partial charge in [0.2, 0.25) is 0 Å². The summed E-state index contributed by atoms with van der Waals surface area (Å²) in [5, 5.41) is 9.16. The van der Waals surface area contributed by atoms with E-state index in [1.54, 1.807) is 11.8 Å². The predicted octanol–water partition coefficient (Wildman–Crippen LogP) is 3.35. The van der Waals surface area contributed by atoms with E-state index in [9.17, 15) is 0 Å². The van der Waals surface area contributed by atoms with Crippen LogP contribution in [0.1, 0.15) is 24.8 Å². The summed E-state index contributed by atoms with van der Waals surface area (Å²) in [6, 6.07) is 10.9. The van der Waals surface area contributed by atoms with Gasteiger partial charge in [-0.1, -0.05) is 12.1 Å². The number of hydrogen-bond donors (Lipinski definition) is 0. The Bertz CT molecular complexity index is 357. The molecule has 0 amide bonds. The molecule has 14 heavy (non-hydrogen) atoms. The molecule has 72 valence electrons. The molecule has 2 heteroatoms. The average Bonchev–Trinajstić information content (AvgIpc) is 2.18. The summed E-state index contributed by atoms with van der Waals surface area (Å²) >= 11 is 1.74. The lowest BCUT2D eigenvalue weighted by molar-refractivity contribution is 0.324. The smallest absolute Gasteiger partial charge is 0.0822 e. The highest BCUT2D eigenvalue weighted by molar-refractivity contribution is 7.98. The zero-order valence-electron chi connectivity index (χ0n) is 8.29. The lowest BCUT2D eigenvalue weighted by Crippen LogP contribution is -2.32. The van der Waals surface area contributed by atoms with Gasteiger partial charge in [0, 0.05) is 4.90 Å². The van der Waals surface area contributed by atoms with Gasteiger partial charge in [-0.3, -0.25) is 0 Å². The molecule has 1 aromatic rings. The summed E-state index contributed by atoms with van der Waals surface area (Å²) in [7, 11) is 0. The summed E-state index contributed by atoms with van der Waals surface area (Å²) in [6.45, 7) is 0. The molecule has 0 saturated heterocycles. The van der Waals surface area contributed by atoms with Crippen LogP contribution in [-0.4, -0.2) is 6.26 Å². The second kappa shape index (κ2) is 3.67. The maximum absolute atomic E-state index is 9.16. The molecule has 1 aromatic carbocycles. The van der Waals surface area contributed by atoms with Crippen molar-refractivity contribution in [3.05, 3.63) is 29.8 Å². The molecule has 0 atom stereocenters. The highest BCUT2D eigenvalue weighted by atomic mass is 32.2. The Hall–Kier alpha value is -0.940. The first-order chi connectivity index (χ1) is 6.80. The minimum absolute atomic E-state index is 0.156. The van der Waals surface area contributed by atoms with E-state index in [1.807, 2.05) is 0 Å². The number of rotatable bonds is 2. The standard InChI is InChI=1S/C12H13NS/c1-14-11-5-3-10(4-6-11)12(9-13)7-2-8-12/h3-6H,2,7-8H2,1H3. The van der Waals surface area contributed by atoms with Crippen LogP contribution in [0.15, 0.2) is 29.2 Å². The molecule has 0 radical (unpaired) electrons. The van der Waals surface area contributed by atoms with Crippen LogP contribution >= 0.6 is 11.8 Å². The highest BCUT2D eigenvalue weighted by Crippen LogP contribution is 2.43. The van der Waals surface area contributed by atoms with Crippen LogP contribution in [0.2, 0.25) is 0 Å². The lowest BCUT2D eigenvalue weighted by atomic mass is 9.66. The van der Waals surface area contributed by atoms with Crippen LogP contribution in [-0.2, 0) is 5.41 Å². The molecule has 1 nitrogen and oxygen atoms in total. The van der Waals surface area contributed by atoms with Crippen molar-refractivity contribution in [3.8, 4) is 6.07 Å². The van der Waals surface area contributed by atoms with Crippen molar-refractivity contribution >= 4 is 11.8 Å². The number of thioether (sulfide) groups is 1. The fraction of sp³-hybridized carbons (Fsp3) is 0.417. The van der Waals surface area contributed by atoms with Crippen molar-refractivity contribution in [2.45, 2.75) is 29.6 Å². The minimum Gasteiger partial charge on any atom is -0.197 e. The summed E-state index contributed by atoms with van der Waals surface area (Å²) in [4.78, 5) is 1.26. The van der Waals surface area contributed by atoms with E-state index in [1.165, 1.54) is 16.9 Å². The zero-order chi connectivity index (χ0) is 10.0. The minimum atomic E-state index is -0.156. The molecular weight excluding hydrogens is 190 g/mol. The predicted molar refractivity (Wildman–Crippen MR) is 59.4 cm³/mol. The lowest BCUT2D eigenvalue weighted by Gasteiger charge is -2.35. The van der Waals surface area contributed by atoms with Crippen LogP contribution in [0.25, 0.3) is 0 Å². The Balaban J connectivity index is 2.29. The molecule has 0 heterocycles. The quantitative estimate of drug-likeness (QED) is 0.688. The number of nitrogens with zero attached hydrogens (tertiary/aromatic N) is 1. The summed E-state index contributed by atoms with van der Waals surface area (Å²) < 4.78 is 0. The maximum atomic E-state index is 9.16. The van der Waals surface area contributed by atoms with Gasteiger partial charge in [-0.25, -0.2) is 0 Å². The summed E-state index contributed by atoms with van der Waals surface area (Å²) in [5.41, 5.74) is 1.04. The van der Waals surface area contributed by atoms with Crippen LogP contribution in [0, 0.1) is 11.3 Å². The van der Waals surface area contributed by atoms with E-state index in [0.717, 1.165) is 12.8 Å². The fourth-order valence-electron chi connectivity index (χ4n) is 1.91.